The van der Waals surface area contributed by atoms with Gasteiger partial charge in [0, 0.05) is 12.4 Å². The average Bonchev–Trinajstić information content (AvgIpc) is 2.53. The number of pyridine rings is 1. The molecular weight excluding hydrogens is 306 g/mol. The summed E-state index contributed by atoms with van der Waals surface area (Å²) >= 11 is 5.90. The topological polar surface area (TPSA) is 83.8 Å². The highest BCUT2D eigenvalue weighted by Crippen LogP contribution is 2.34. The van der Waals surface area contributed by atoms with Crippen LogP contribution >= 0.6 is 11.6 Å². The van der Waals surface area contributed by atoms with E-state index in [-0.39, 0.29) is 22.4 Å². The van der Waals surface area contributed by atoms with Crippen LogP contribution in [0.1, 0.15) is 22.8 Å². The highest BCUT2D eigenvalue weighted by Gasteiger charge is 2.09. The lowest BCUT2D eigenvalue weighted by Crippen LogP contribution is -2.17. The summed E-state index contributed by atoms with van der Waals surface area (Å²) in [5.74, 6) is -0.241. The quantitative estimate of drug-likeness (QED) is 0.655. The lowest BCUT2D eigenvalue weighted by atomic mass is 10.2. The van der Waals surface area contributed by atoms with Gasteiger partial charge in [0.1, 0.15) is 0 Å². The first-order chi connectivity index (χ1) is 10.6. The SMILES string of the molecule is CCOc1cc(C=NNC(=O)c2cccnc2)cc(Cl)c1O. The van der Waals surface area contributed by atoms with Gasteiger partial charge in [-0.05, 0) is 36.8 Å². The van der Waals surface area contributed by atoms with Gasteiger partial charge in [0.15, 0.2) is 11.5 Å². The zero-order valence-corrected chi connectivity index (χ0v) is 12.5. The van der Waals surface area contributed by atoms with Gasteiger partial charge in [-0.2, -0.15) is 5.10 Å². The Labute approximate surface area is 132 Å². The van der Waals surface area contributed by atoms with Crippen molar-refractivity contribution in [3.8, 4) is 11.5 Å². The molecule has 0 saturated heterocycles. The number of nitrogens with zero attached hydrogens (tertiary/aromatic N) is 2. The Bertz CT molecular complexity index is 690. The van der Waals surface area contributed by atoms with Crippen molar-refractivity contribution in [2.24, 2.45) is 5.10 Å². The number of carbonyl (C=O) groups is 1. The van der Waals surface area contributed by atoms with Gasteiger partial charge >= 0.3 is 0 Å². The van der Waals surface area contributed by atoms with Gasteiger partial charge in [-0.1, -0.05) is 11.6 Å². The van der Waals surface area contributed by atoms with E-state index in [1.54, 1.807) is 31.3 Å². The van der Waals surface area contributed by atoms with Crippen molar-refractivity contribution in [3.63, 3.8) is 0 Å². The Morgan fingerprint density at radius 3 is 3.05 bits per heavy atom. The van der Waals surface area contributed by atoms with Crippen LogP contribution < -0.4 is 10.2 Å². The van der Waals surface area contributed by atoms with Crippen LogP contribution in [0, 0.1) is 0 Å². The molecule has 2 N–H and O–H groups in total. The maximum Gasteiger partial charge on any atom is 0.272 e. The van der Waals surface area contributed by atoms with Crippen LogP contribution in [0.3, 0.4) is 0 Å². The van der Waals surface area contributed by atoms with Crippen LogP contribution in [-0.4, -0.2) is 28.8 Å². The standard InChI is InChI=1S/C15H14ClN3O3/c1-2-22-13-7-10(6-12(16)14(13)20)8-18-19-15(21)11-4-3-5-17-9-11/h3-9,20H,2H2,1H3,(H,19,21). The second-order valence-electron chi connectivity index (χ2n) is 4.22. The summed E-state index contributed by atoms with van der Waals surface area (Å²) in [6, 6.07) is 6.37. The third kappa shape index (κ3) is 3.95. The summed E-state index contributed by atoms with van der Waals surface area (Å²) < 4.78 is 5.26. The number of nitrogens with one attached hydrogen (secondary N) is 1. The molecule has 1 aromatic carbocycles. The van der Waals surface area contributed by atoms with Crippen LogP contribution in [0.15, 0.2) is 41.8 Å². The third-order valence-electron chi connectivity index (χ3n) is 2.65. The average molecular weight is 320 g/mol. The minimum atomic E-state index is -0.376. The van der Waals surface area contributed by atoms with E-state index >= 15 is 0 Å². The second kappa shape index (κ2) is 7.42. The van der Waals surface area contributed by atoms with E-state index < -0.39 is 0 Å². The molecule has 0 atom stereocenters. The zero-order chi connectivity index (χ0) is 15.9. The fourth-order valence-electron chi connectivity index (χ4n) is 1.66. The first kappa shape index (κ1) is 15.8. The number of hydrazone groups is 1. The summed E-state index contributed by atoms with van der Waals surface area (Å²) in [4.78, 5) is 15.6. The van der Waals surface area contributed by atoms with Crippen molar-refractivity contribution in [2.75, 3.05) is 6.61 Å². The molecule has 0 spiro atoms. The van der Waals surface area contributed by atoms with Gasteiger partial charge in [0.05, 0.1) is 23.4 Å². The van der Waals surface area contributed by atoms with Crippen molar-refractivity contribution in [2.45, 2.75) is 6.92 Å². The molecule has 0 fully saturated rings. The van der Waals surface area contributed by atoms with Crippen LogP contribution in [-0.2, 0) is 0 Å². The molecule has 114 valence electrons. The molecule has 0 saturated carbocycles. The van der Waals surface area contributed by atoms with E-state index in [9.17, 15) is 9.90 Å². The molecule has 2 aromatic rings. The molecule has 7 heteroatoms. The molecule has 1 heterocycles. The number of aromatic hydroxyl groups is 1. The number of phenols is 1. The third-order valence-corrected chi connectivity index (χ3v) is 2.94. The predicted molar refractivity (Wildman–Crippen MR) is 83.6 cm³/mol. The Morgan fingerprint density at radius 2 is 2.36 bits per heavy atom. The summed E-state index contributed by atoms with van der Waals surface area (Å²) in [6.07, 6.45) is 4.42. The number of aromatic nitrogens is 1. The summed E-state index contributed by atoms with van der Waals surface area (Å²) in [7, 11) is 0. The van der Waals surface area contributed by atoms with Gasteiger partial charge in [-0.3, -0.25) is 9.78 Å². The van der Waals surface area contributed by atoms with Gasteiger partial charge in [-0.15, -0.1) is 0 Å². The molecule has 0 aliphatic rings. The Kier molecular flexibility index (Phi) is 5.32. The van der Waals surface area contributed by atoms with Crippen molar-refractivity contribution in [1.82, 2.24) is 10.4 Å². The number of hydrogen-bond acceptors (Lipinski definition) is 5. The van der Waals surface area contributed by atoms with Crippen LogP contribution in [0.25, 0.3) is 0 Å². The van der Waals surface area contributed by atoms with Crippen LogP contribution in [0.4, 0.5) is 0 Å². The fourth-order valence-corrected chi connectivity index (χ4v) is 1.88. The Balaban J connectivity index is 2.09. The first-order valence-corrected chi connectivity index (χ1v) is 6.88. The minimum Gasteiger partial charge on any atom is -0.503 e. The lowest BCUT2D eigenvalue weighted by molar-refractivity contribution is 0.0955. The Morgan fingerprint density at radius 1 is 1.55 bits per heavy atom. The number of ether oxygens (including phenoxy) is 1. The maximum absolute atomic E-state index is 11.8. The predicted octanol–water partition coefficient (Wildman–Crippen LogP) is 2.60. The number of hydrogen-bond donors (Lipinski definition) is 2. The first-order valence-electron chi connectivity index (χ1n) is 6.50. The highest BCUT2D eigenvalue weighted by molar-refractivity contribution is 6.32. The van der Waals surface area contributed by atoms with E-state index in [0.29, 0.717) is 17.7 Å². The van der Waals surface area contributed by atoms with Gasteiger partial charge in [-0.25, -0.2) is 5.43 Å². The van der Waals surface area contributed by atoms with E-state index in [0.717, 1.165) is 0 Å². The van der Waals surface area contributed by atoms with Crippen LogP contribution in [0.5, 0.6) is 11.5 Å². The molecule has 1 aromatic heterocycles. The molecule has 0 aliphatic heterocycles. The van der Waals surface area contributed by atoms with Gasteiger partial charge in [0.2, 0.25) is 0 Å². The number of amides is 1. The fraction of sp³-hybridized carbons (Fsp3) is 0.133. The molecule has 1 amide bonds. The van der Waals surface area contributed by atoms with E-state index in [4.69, 9.17) is 16.3 Å². The van der Waals surface area contributed by atoms with Crippen LogP contribution in [0.2, 0.25) is 5.02 Å². The van der Waals surface area contributed by atoms with Crippen molar-refractivity contribution < 1.29 is 14.6 Å². The smallest absolute Gasteiger partial charge is 0.272 e. The lowest BCUT2D eigenvalue weighted by Gasteiger charge is -2.08. The molecule has 2 rings (SSSR count). The van der Waals surface area contributed by atoms with Crippen molar-refractivity contribution in [3.05, 3.63) is 52.8 Å². The summed E-state index contributed by atoms with van der Waals surface area (Å²) in [5.41, 5.74) is 3.36. The molecule has 0 bridgehead atoms. The summed E-state index contributed by atoms with van der Waals surface area (Å²) in [5, 5.41) is 13.7. The maximum atomic E-state index is 11.8. The normalized spacial score (nSPS) is 10.6. The number of carbonyl (C=O) groups excluding carboxylic acids is 1. The van der Waals surface area contributed by atoms with Crippen molar-refractivity contribution in [1.29, 1.82) is 0 Å². The van der Waals surface area contributed by atoms with Gasteiger partial charge < -0.3 is 9.84 Å². The van der Waals surface area contributed by atoms with Gasteiger partial charge in [0.25, 0.3) is 5.91 Å². The zero-order valence-electron chi connectivity index (χ0n) is 11.8. The monoisotopic (exact) mass is 319 g/mol. The van der Waals surface area contributed by atoms with E-state index in [1.807, 2.05) is 0 Å². The number of phenolic OH excluding ortho intramolecular Hbond substituents is 1. The number of benzene rings is 1. The minimum absolute atomic E-state index is 0.125. The summed E-state index contributed by atoms with van der Waals surface area (Å²) in [6.45, 7) is 2.18. The molecule has 22 heavy (non-hydrogen) atoms. The number of halogens is 1. The molecular formula is C15H14ClN3O3. The molecule has 0 unspecified atom stereocenters. The van der Waals surface area contributed by atoms with E-state index in [2.05, 4.69) is 15.5 Å². The highest BCUT2D eigenvalue weighted by atomic mass is 35.5. The van der Waals surface area contributed by atoms with E-state index in [1.165, 1.54) is 18.5 Å². The number of rotatable bonds is 5. The van der Waals surface area contributed by atoms with Crippen molar-refractivity contribution >= 4 is 23.7 Å². The Hall–Kier alpha value is -2.60. The second-order valence-corrected chi connectivity index (χ2v) is 4.63. The molecule has 0 radical (unpaired) electrons. The largest absolute Gasteiger partial charge is 0.503 e. The molecule has 0 aliphatic carbocycles. The molecule has 6 nitrogen and oxygen atoms in total.